The molecule has 0 radical (unpaired) electrons. The highest BCUT2D eigenvalue weighted by molar-refractivity contribution is 5.88. The van der Waals surface area contributed by atoms with Crippen LogP contribution >= 0.6 is 0 Å². The van der Waals surface area contributed by atoms with Crippen LogP contribution in [0.4, 0.5) is 0 Å². The van der Waals surface area contributed by atoms with Crippen molar-refractivity contribution in [3.8, 4) is 0 Å². The van der Waals surface area contributed by atoms with Gasteiger partial charge >= 0.3 is 0 Å². The summed E-state index contributed by atoms with van der Waals surface area (Å²) in [6, 6.07) is 0. The summed E-state index contributed by atoms with van der Waals surface area (Å²) in [6.07, 6.45) is 23.8. The Balaban J connectivity index is 1.83. The van der Waals surface area contributed by atoms with Crippen molar-refractivity contribution in [2.45, 2.75) is 124 Å². The Bertz CT molecular complexity index is 393. The molecule has 0 aromatic rings. The number of rotatable bonds is 16. The van der Waals surface area contributed by atoms with E-state index >= 15 is 0 Å². The standard InChI is InChI=1S/C24H44O/c1-5-6-7-8-9-10-11-12-13-14-15-16-17-18-19-20-22(25)24(4)21-23(24,2)3/h12-13H,5-11,14-21H2,1-4H3/b13-12-. The van der Waals surface area contributed by atoms with E-state index in [0.29, 0.717) is 5.78 Å². The maximum absolute atomic E-state index is 12.3. The van der Waals surface area contributed by atoms with Crippen LogP contribution in [0.1, 0.15) is 124 Å². The van der Waals surface area contributed by atoms with Gasteiger partial charge in [-0.15, -0.1) is 0 Å². The molecule has 1 fully saturated rings. The van der Waals surface area contributed by atoms with E-state index in [4.69, 9.17) is 0 Å². The van der Waals surface area contributed by atoms with E-state index in [1.165, 1.54) is 77.0 Å². The second-order valence-electron chi connectivity index (χ2n) is 9.15. The van der Waals surface area contributed by atoms with Crippen LogP contribution in [0.15, 0.2) is 12.2 Å². The number of ketones is 1. The number of unbranched alkanes of at least 4 members (excludes halogenated alkanes) is 11. The highest BCUT2D eigenvalue weighted by Gasteiger charge is 2.61. The molecule has 0 bridgehead atoms. The molecule has 1 unspecified atom stereocenters. The van der Waals surface area contributed by atoms with Gasteiger partial charge < -0.3 is 0 Å². The maximum atomic E-state index is 12.3. The molecular formula is C24H44O. The number of hydrogen-bond donors (Lipinski definition) is 0. The van der Waals surface area contributed by atoms with E-state index in [9.17, 15) is 4.79 Å². The second kappa shape index (κ2) is 11.9. The minimum Gasteiger partial charge on any atom is -0.299 e. The molecular weight excluding hydrogens is 304 g/mol. The van der Waals surface area contributed by atoms with Gasteiger partial charge in [-0.25, -0.2) is 0 Å². The van der Waals surface area contributed by atoms with Crippen LogP contribution in [0.5, 0.6) is 0 Å². The van der Waals surface area contributed by atoms with Crippen molar-refractivity contribution in [3.05, 3.63) is 12.2 Å². The zero-order valence-electron chi connectivity index (χ0n) is 17.7. The largest absolute Gasteiger partial charge is 0.299 e. The van der Waals surface area contributed by atoms with Crippen molar-refractivity contribution < 1.29 is 4.79 Å². The maximum Gasteiger partial charge on any atom is 0.139 e. The summed E-state index contributed by atoms with van der Waals surface area (Å²) in [5.74, 6) is 0.509. The monoisotopic (exact) mass is 348 g/mol. The molecule has 0 amide bonds. The zero-order valence-corrected chi connectivity index (χ0v) is 17.7. The lowest BCUT2D eigenvalue weighted by Gasteiger charge is -2.13. The summed E-state index contributed by atoms with van der Waals surface area (Å²) in [5, 5.41) is 0. The van der Waals surface area contributed by atoms with Crippen molar-refractivity contribution in [1.82, 2.24) is 0 Å². The highest BCUT2D eigenvalue weighted by Crippen LogP contribution is 2.64. The van der Waals surface area contributed by atoms with Gasteiger partial charge in [0, 0.05) is 11.8 Å². The van der Waals surface area contributed by atoms with Gasteiger partial charge in [-0.1, -0.05) is 91.2 Å². The summed E-state index contributed by atoms with van der Waals surface area (Å²) in [6.45, 7) is 8.89. The molecule has 0 heterocycles. The molecule has 0 spiro atoms. The van der Waals surface area contributed by atoms with Crippen molar-refractivity contribution in [1.29, 1.82) is 0 Å². The van der Waals surface area contributed by atoms with Crippen molar-refractivity contribution in [2.24, 2.45) is 10.8 Å². The summed E-state index contributed by atoms with van der Waals surface area (Å²) < 4.78 is 0. The van der Waals surface area contributed by atoms with Crippen molar-refractivity contribution in [2.75, 3.05) is 0 Å². The van der Waals surface area contributed by atoms with Crippen molar-refractivity contribution >= 4 is 5.78 Å². The minimum atomic E-state index is -0.00616. The number of allylic oxidation sites excluding steroid dienone is 2. The zero-order chi connectivity index (χ0) is 18.6. The van der Waals surface area contributed by atoms with Gasteiger partial charge in [0.15, 0.2) is 0 Å². The van der Waals surface area contributed by atoms with Crippen LogP contribution in [-0.2, 0) is 4.79 Å². The Labute approximate surface area is 158 Å². The lowest BCUT2D eigenvalue weighted by Crippen LogP contribution is -2.17. The van der Waals surface area contributed by atoms with Crippen LogP contribution in [-0.4, -0.2) is 5.78 Å². The molecule has 1 rings (SSSR count). The molecule has 1 atom stereocenters. The fraction of sp³-hybridized carbons (Fsp3) is 0.875. The third kappa shape index (κ3) is 8.56. The normalized spacial score (nSPS) is 21.8. The lowest BCUT2D eigenvalue weighted by molar-refractivity contribution is -0.124. The molecule has 146 valence electrons. The molecule has 0 aromatic heterocycles. The summed E-state index contributed by atoms with van der Waals surface area (Å²) in [7, 11) is 0. The molecule has 0 aromatic carbocycles. The van der Waals surface area contributed by atoms with Gasteiger partial charge in [-0.3, -0.25) is 4.79 Å². The molecule has 1 nitrogen and oxygen atoms in total. The first-order valence-corrected chi connectivity index (χ1v) is 11.1. The smallest absolute Gasteiger partial charge is 0.139 e. The Morgan fingerprint density at radius 2 is 1.20 bits per heavy atom. The highest BCUT2D eigenvalue weighted by atomic mass is 16.1. The van der Waals surface area contributed by atoms with Crippen LogP contribution < -0.4 is 0 Å². The summed E-state index contributed by atoms with van der Waals surface area (Å²) >= 11 is 0. The Kier molecular flexibility index (Phi) is 10.7. The predicted molar refractivity (Wildman–Crippen MR) is 111 cm³/mol. The second-order valence-corrected chi connectivity index (χ2v) is 9.15. The predicted octanol–water partition coefficient (Wildman–Crippen LogP) is 8.03. The minimum absolute atomic E-state index is 0.00616. The third-order valence-electron chi connectivity index (χ3n) is 6.45. The number of carbonyl (C=O) groups excluding carboxylic acids is 1. The molecule has 0 aliphatic heterocycles. The molecule has 1 saturated carbocycles. The van der Waals surface area contributed by atoms with Crippen LogP contribution in [0.25, 0.3) is 0 Å². The first-order valence-electron chi connectivity index (χ1n) is 11.1. The molecule has 1 aliphatic rings. The van der Waals surface area contributed by atoms with E-state index in [1.54, 1.807) is 0 Å². The third-order valence-corrected chi connectivity index (χ3v) is 6.45. The van der Waals surface area contributed by atoms with E-state index in [0.717, 1.165) is 19.3 Å². The Morgan fingerprint density at radius 1 is 0.760 bits per heavy atom. The average molecular weight is 349 g/mol. The summed E-state index contributed by atoms with van der Waals surface area (Å²) in [5.41, 5.74) is 0.250. The molecule has 25 heavy (non-hydrogen) atoms. The number of hydrogen-bond acceptors (Lipinski definition) is 1. The first kappa shape index (κ1) is 22.5. The quantitative estimate of drug-likeness (QED) is 0.204. The summed E-state index contributed by atoms with van der Waals surface area (Å²) in [4.78, 5) is 12.3. The number of carbonyl (C=O) groups is 1. The molecule has 0 N–H and O–H groups in total. The average Bonchev–Trinajstić information content (AvgIpc) is 3.10. The molecule has 1 aliphatic carbocycles. The number of Topliss-reactive ketones (excluding diaryl/α,β-unsaturated/α-hetero) is 1. The van der Waals surface area contributed by atoms with E-state index < -0.39 is 0 Å². The van der Waals surface area contributed by atoms with Crippen LogP contribution in [0, 0.1) is 10.8 Å². The topological polar surface area (TPSA) is 17.1 Å². The van der Waals surface area contributed by atoms with E-state index in [-0.39, 0.29) is 10.8 Å². The van der Waals surface area contributed by atoms with Crippen LogP contribution in [0.2, 0.25) is 0 Å². The Morgan fingerprint density at radius 3 is 1.68 bits per heavy atom. The van der Waals surface area contributed by atoms with Gasteiger partial charge in [-0.05, 0) is 43.9 Å². The van der Waals surface area contributed by atoms with Gasteiger partial charge in [0.1, 0.15) is 5.78 Å². The van der Waals surface area contributed by atoms with Gasteiger partial charge in [0.2, 0.25) is 0 Å². The molecule has 0 saturated heterocycles. The van der Waals surface area contributed by atoms with E-state index in [2.05, 4.69) is 39.8 Å². The molecule has 1 heteroatoms. The fourth-order valence-corrected chi connectivity index (χ4v) is 3.95. The van der Waals surface area contributed by atoms with Crippen LogP contribution in [0.3, 0.4) is 0 Å². The first-order chi connectivity index (χ1) is 11.9. The van der Waals surface area contributed by atoms with Gasteiger partial charge in [0.25, 0.3) is 0 Å². The van der Waals surface area contributed by atoms with E-state index in [1.807, 2.05) is 0 Å². The van der Waals surface area contributed by atoms with Gasteiger partial charge in [-0.2, -0.15) is 0 Å². The van der Waals surface area contributed by atoms with Crippen molar-refractivity contribution in [3.63, 3.8) is 0 Å². The Hall–Kier alpha value is -0.590. The fourth-order valence-electron chi connectivity index (χ4n) is 3.95. The SMILES string of the molecule is CCCCCCCC/C=C\CCCCCCCC(=O)C1(C)CC1(C)C. The lowest BCUT2D eigenvalue weighted by atomic mass is 9.90. The van der Waals surface area contributed by atoms with Gasteiger partial charge in [0.05, 0.1) is 0 Å².